The van der Waals surface area contributed by atoms with E-state index in [-0.39, 0.29) is 24.5 Å². The number of aliphatic hydroxyl groups excluding tert-OH is 1. The van der Waals surface area contributed by atoms with Gasteiger partial charge in [-0.15, -0.1) is 5.10 Å². The maximum absolute atomic E-state index is 12.5. The molecule has 0 aliphatic heterocycles. The van der Waals surface area contributed by atoms with Crippen molar-refractivity contribution >= 4 is 5.91 Å². The van der Waals surface area contributed by atoms with Gasteiger partial charge in [-0.25, -0.2) is 4.68 Å². The van der Waals surface area contributed by atoms with E-state index in [1.807, 2.05) is 31.2 Å². The maximum atomic E-state index is 12.5. The number of nitrogens with zero attached hydrogens (tertiary/aromatic N) is 3. The molecule has 0 saturated heterocycles. The molecule has 2 aromatic rings. The smallest absolute Gasteiger partial charge is 0.273 e. The van der Waals surface area contributed by atoms with Crippen LogP contribution in [0.5, 0.6) is 0 Å². The van der Waals surface area contributed by atoms with Gasteiger partial charge in [-0.3, -0.25) is 4.79 Å². The van der Waals surface area contributed by atoms with E-state index >= 15 is 0 Å². The van der Waals surface area contributed by atoms with Crippen molar-refractivity contribution in [1.82, 2.24) is 20.3 Å². The summed E-state index contributed by atoms with van der Waals surface area (Å²) in [6, 6.07) is 7.88. The molecule has 1 amide bonds. The summed E-state index contributed by atoms with van der Waals surface area (Å²) in [7, 11) is 0. The van der Waals surface area contributed by atoms with Crippen LogP contribution in [-0.4, -0.2) is 38.7 Å². The Hall–Kier alpha value is -2.21. The van der Waals surface area contributed by atoms with Gasteiger partial charge in [0.25, 0.3) is 5.91 Å². The molecule has 0 spiro atoms. The fourth-order valence-electron chi connectivity index (χ4n) is 3.30. The lowest BCUT2D eigenvalue weighted by atomic mass is 9.95. The molecule has 2 atom stereocenters. The molecule has 1 saturated carbocycles. The highest BCUT2D eigenvalue weighted by molar-refractivity contribution is 5.92. The van der Waals surface area contributed by atoms with E-state index in [1.165, 1.54) is 0 Å². The molecule has 0 radical (unpaired) electrons. The van der Waals surface area contributed by atoms with E-state index in [0.717, 1.165) is 43.4 Å². The van der Waals surface area contributed by atoms with Crippen LogP contribution in [0, 0.1) is 12.8 Å². The van der Waals surface area contributed by atoms with E-state index in [4.69, 9.17) is 0 Å². The number of aromatic nitrogens is 3. The van der Waals surface area contributed by atoms with Gasteiger partial charge >= 0.3 is 0 Å². The average molecular weight is 328 g/mol. The number of benzene rings is 1. The first-order valence-corrected chi connectivity index (χ1v) is 8.58. The van der Waals surface area contributed by atoms with Crippen LogP contribution in [0.2, 0.25) is 0 Å². The van der Waals surface area contributed by atoms with Crippen molar-refractivity contribution in [2.24, 2.45) is 5.92 Å². The summed E-state index contributed by atoms with van der Waals surface area (Å²) in [5.41, 5.74) is 2.31. The largest absolute Gasteiger partial charge is 0.396 e. The highest BCUT2D eigenvalue weighted by atomic mass is 16.3. The summed E-state index contributed by atoms with van der Waals surface area (Å²) in [6.45, 7) is 2.12. The molecule has 1 aromatic carbocycles. The number of nitrogens with one attached hydrogen (secondary N) is 1. The van der Waals surface area contributed by atoms with Gasteiger partial charge in [0.1, 0.15) is 0 Å². The Bertz CT molecular complexity index is 698. The molecule has 1 fully saturated rings. The summed E-state index contributed by atoms with van der Waals surface area (Å²) < 4.78 is 1.61. The third kappa shape index (κ3) is 3.82. The SMILES string of the molecule is Cc1cccc(-n2cc(C(=O)NC3CCCCCC3CO)nn2)c1. The van der Waals surface area contributed by atoms with Crippen LogP contribution >= 0.6 is 0 Å². The molecular formula is C18H24N4O2. The molecule has 1 aromatic heterocycles. The highest BCUT2D eigenvalue weighted by Crippen LogP contribution is 2.23. The van der Waals surface area contributed by atoms with Crippen LogP contribution in [-0.2, 0) is 0 Å². The molecule has 0 bridgehead atoms. The second-order valence-electron chi connectivity index (χ2n) is 6.55. The van der Waals surface area contributed by atoms with Crippen molar-refractivity contribution in [3.05, 3.63) is 41.7 Å². The Balaban J connectivity index is 1.71. The number of carbonyl (C=O) groups excluding carboxylic acids is 1. The molecule has 1 aliphatic rings. The Kier molecular flexibility index (Phi) is 5.25. The lowest BCUT2D eigenvalue weighted by Crippen LogP contribution is -2.41. The number of aliphatic hydroxyl groups is 1. The zero-order valence-electron chi connectivity index (χ0n) is 14.0. The van der Waals surface area contributed by atoms with E-state index in [9.17, 15) is 9.90 Å². The van der Waals surface area contributed by atoms with Gasteiger partial charge in [-0.1, -0.05) is 36.6 Å². The number of aryl methyl sites for hydroxylation is 1. The highest BCUT2D eigenvalue weighted by Gasteiger charge is 2.25. The fraction of sp³-hybridized carbons (Fsp3) is 0.500. The third-order valence-corrected chi connectivity index (χ3v) is 4.70. The van der Waals surface area contributed by atoms with Crippen LogP contribution in [0.25, 0.3) is 5.69 Å². The van der Waals surface area contributed by atoms with Crippen molar-refractivity contribution < 1.29 is 9.90 Å². The Morgan fingerprint density at radius 1 is 1.33 bits per heavy atom. The monoisotopic (exact) mass is 328 g/mol. The minimum atomic E-state index is -0.223. The third-order valence-electron chi connectivity index (χ3n) is 4.70. The maximum Gasteiger partial charge on any atom is 0.273 e. The Morgan fingerprint density at radius 3 is 2.96 bits per heavy atom. The van der Waals surface area contributed by atoms with E-state index < -0.39 is 0 Å². The number of amides is 1. The number of hydrogen-bond donors (Lipinski definition) is 2. The number of hydrogen-bond acceptors (Lipinski definition) is 4. The van der Waals surface area contributed by atoms with Crippen LogP contribution in [0.15, 0.2) is 30.5 Å². The number of rotatable bonds is 4. The molecule has 24 heavy (non-hydrogen) atoms. The fourth-order valence-corrected chi connectivity index (χ4v) is 3.30. The van der Waals surface area contributed by atoms with Gasteiger partial charge in [0.05, 0.1) is 11.9 Å². The molecule has 128 valence electrons. The van der Waals surface area contributed by atoms with Gasteiger partial charge in [0.15, 0.2) is 5.69 Å². The minimum absolute atomic E-state index is 0.00844. The zero-order valence-corrected chi connectivity index (χ0v) is 14.0. The predicted octanol–water partition coefficient (Wildman–Crippen LogP) is 2.25. The van der Waals surface area contributed by atoms with Crippen LogP contribution in [0.1, 0.15) is 48.2 Å². The molecule has 2 unspecified atom stereocenters. The topological polar surface area (TPSA) is 80.0 Å². The summed E-state index contributed by atoms with van der Waals surface area (Å²) in [5, 5.41) is 20.7. The summed E-state index contributed by atoms with van der Waals surface area (Å²) in [4.78, 5) is 12.5. The first-order chi connectivity index (χ1) is 11.7. The molecule has 3 rings (SSSR count). The summed E-state index contributed by atoms with van der Waals surface area (Å²) in [6.07, 6.45) is 6.86. The molecular weight excluding hydrogens is 304 g/mol. The van der Waals surface area contributed by atoms with Gasteiger partial charge in [0, 0.05) is 18.6 Å². The Labute approximate surface area is 141 Å². The second-order valence-corrected chi connectivity index (χ2v) is 6.55. The van der Waals surface area contributed by atoms with Gasteiger partial charge < -0.3 is 10.4 Å². The minimum Gasteiger partial charge on any atom is -0.396 e. The summed E-state index contributed by atoms with van der Waals surface area (Å²) in [5.74, 6) is -0.0949. The number of carbonyl (C=O) groups is 1. The lowest BCUT2D eigenvalue weighted by Gasteiger charge is -2.23. The Morgan fingerprint density at radius 2 is 2.17 bits per heavy atom. The first kappa shape index (κ1) is 16.6. The molecule has 1 aliphatic carbocycles. The normalized spacial score (nSPS) is 21.2. The van der Waals surface area contributed by atoms with Gasteiger partial charge in [-0.2, -0.15) is 0 Å². The second kappa shape index (κ2) is 7.57. The van der Waals surface area contributed by atoms with Crippen LogP contribution < -0.4 is 5.32 Å². The van der Waals surface area contributed by atoms with Gasteiger partial charge in [-0.05, 0) is 37.5 Å². The molecule has 6 nitrogen and oxygen atoms in total. The zero-order chi connectivity index (χ0) is 16.9. The van der Waals surface area contributed by atoms with Crippen molar-refractivity contribution in [3.63, 3.8) is 0 Å². The van der Waals surface area contributed by atoms with Crippen molar-refractivity contribution in [2.45, 2.75) is 45.1 Å². The van der Waals surface area contributed by atoms with E-state index in [1.54, 1.807) is 10.9 Å². The van der Waals surface area contributed by atoms with Gasteiger partial charge in [0.2, 0.25) is 0 Å². The molecule has 1 heterocycles. The van der Waals surface area contributed by atoms with Crippen molar-refractivity contribution in [1.29, 1.82) is 0 Å². The predicted molar refractivity (Wildman–Crippen MR) is 91.0 cm³/mol. The van der Waals surface area contributed by atoms with E-state index in [2.05, 4.69) is 15.6 Å². The molecule has 6 heteroatoms. The first-order valence-electron chi connectivity index (χ1n) is 8.58. The summed E-state index contributed by atoms with van der Waals surface area (Å²) >= 11 is 0. The van der Waals surface area contributed by atoms with Crippen molar-refractivity contribution in [2.75, 3.05) is 6.61 Å². The lowest BCUT2D eigenvalue weighted by molar-refractivity contribution is 0.0894. The van der Waals surface area contributed by atoms with Crippen LogP contribution in [0.4, 0.5) is 0 Å². The quantitative estimate of drug-likeness (QED) is 0.844. The van der Waals surface area contributed by atoms with E-state index in [0.29, 0.717) is 5.69 Å². The average Bonchev–Trinajstić information content (AvgIpc) is 2.97. The molecule has 2 N–H and O–H groups in total. The van der Waals surface area contributed by atoms with Crippen LogP contribution in [0.3, 0.4) is 0 Å². The standard InChI is InChI=1S/C18H24N4O2/c1-13-6-5-8-15(10-13)22-11-17(20-21-22)18(24)19-16-9-4-2-3-7-14(16)12-23/h5-6,8,10-11,14,16,23H,2-4,7,9,12H2,1H3,(H,19,24). The van der Waals surface area contributed by atoms with Crippen molar-refractivity contribution in [3.8, 4) is 5.69 Å².